The highest BCUT2D eigenvalue weighted by Gasteiger charge is 2.22. The molecule has 0 bridgehead atoms. The van der Waals surface area contributed by atoms with E-state index in [1.54, 1.807) is 30.3 Å². The van der Waals surface area contributed by atoms with E-state index in [9.17, 15) is 20.3 Å². The van der Waals surface area contributed by atoms with Crippen LogP contribution < -0.4 is 0 Å². The van der Waals surface area contributed by atoms with Crippen molar-refractivity contribution in [3.63, 3.8) is 0 Å². The molecule has 0 aliphatic heterocycles. The lowest BCUT2D eigenvalue weighted by atomic mass is 10.1. The molecule has 0 saturated carbocycles. The van der Waals surface area contributed by atoms with Crippen LogP contribution in [0.5, 0.6) is 5.75 Å². The van der Waals surface area contributed by atoms with Gasteiger partial charge in [-0.25, -0.2) is 9.78 Å². The number of phenolic OH excluding ortho intramolecular Hbond substituents is 1. The van der Waals surface area contributed by atoms with Crippen molar-refractivity contribution in [2.75, 3.05) is 0 Å². The topological polar surface area (TPSA) is 119 Å². The second-order valence-electron chi connectivity index (χ2n) is 5.54. The van der Waals surface area contributed by atoms with Gasteiger partial charge in [0.05, 0.1) is 11.0 Å². The van der Waals surface area contributed by atoms with Gasteiger partial charge in [0.25, 0.3) is 0 Å². The van der Waals surface area contributed by atoms with E-state index >= 15 is 0 Å². The number of imidazole rings is 1. The number of carbonyl (C=O) groups excluding carboxylic acids is 1. The second kappa shape index (κ2) is 6.99. The SMILES string of the molecule is CC(OC(=O)c1ccccc1O)/C(O)=C(\C#N)c1nc2ccccc2[nH]1. The van der Waals surface area contributed by atoms with Crippen LogP contribution in [0.15, 0.2) is 54.3 Å². The van der Waals surface area contributed by atoms with Gasteiger partial charge in [-0.05, 0) is 31.2 Å². The molecule has 0 amide bonds. The third-order valence-corrected chi connectivity index (χ3v) is 3.79. The number of fused-ring (bicyclic) bond motifs is 1. The fourth-order valence-corrected chi connectivity index (χ4v) is 2.43. The molecule has 1 heterocycles. The van der Waals surface area contributed by atoms with Gasteiger partial charge in [-0.1, -0.05) is 24.3 Å². The lowest BCUT2D eigenvalue weighted by Crippen LogP contribution is -2.18. The molecule has 0 spiro atoms. The van der Waals surface area contributed by atoms with Gasteiger partial charge in [-0.3, -0.25) is 0 Å². The highest BCUT2D eigenvalue weighted by atomic mass is 16.6. The number of nitrogens with zero attached hydrogens (tertiary/aromatic N) is 2. The lowest BCUT2D eigenvalue weighted by molar-refractivity contribution is 0.0331. The van der Waals surface area contributed by atoms with Gasteiger partial charge < -0.3 is 19.9 Å². The van der Waals surface area contributed by atoms with Gasteiger partial charge in [0.2, 0.25) is 0 Å². The number of nitriles is 1. The number of aromatic amines is 1. The number of esters is 1. The van der Waals surface area contributed by atoms with Crippen molar-refractivity contribution >= 4 is 22.6 Å². The molecular weight excluding hydrogens is 334 g/mol. The molecule has 3 aromatic rings. The van der Waals surface area contributed by atoms with Crippen LogP contribution in [0.4, 0.5) is 0 Å². The number of benzene rings is 2. The number of ether oxygens (including phenoxy) is 1. The van der Waals surface area contributed by atoms with E-state index in [0.29, 0.717) is 11.0 Å². The average molecular weight is 349 g/mol. The minimum absolute atomic E-state index is 0.0330. The van der Waals surface area contributed by atoms with Crippen LogP contribution in [0.1, 0.15) is 23.1 Å². The lowest BCUT2D eigenvalue weighted by Gasteiger charge is -2.14. The maximum Gasteiger partial charge on any atom is 0.342 e. The molecule has 0 saturated heterocycles. The summed E-state index contributed by atoms with van der Waals surface area (Å²) in [4.78, 5) is 19.4. The zero-order valence-corrected chi connectivity index (χ0v) is 13.8. The number of para-hydroxylation sites is 3. The fraction of sp³-hybridized carbons (Fsp3) is 0.105. The molecule has 0 radical (unpaired) electrons. The first kappa shape index (κ1) is 17.0. The third kappa shape index (κ3) is 3.21. The van der Waals surface area contributed by atoms with E-state index in [4.69, 9.17) is 4.74 Å². The van der Waals surface area contributed by atoms with Crippen molar-refractivity contribution in [2.24, 2.45) is 0 Å². The number of carbonyl (C=O) groups is 1. The van der Waals surface area contributed by atoms with E-state index in [0.717, 1.165) is 0 Å². The quantitative estimate of drug-likeness (QED) is 0.378. The third-order valence-electron chi connectivity index (χ3n) is 3.79. The smallest absolute Gasteiger partial charge is 0.342 e. The number of aromatic nitrogens is 2. The molecule has 0 aliphatic carbocycles. The van der Waals surface area contributed by atoms with Crippen LogP contribution in [-0.4, -0.2) is 32.3 Å². The monoisotopic (exact) mass is 349 g/mol. The first-order chi connectivity index (χ1) is 12.5. The predicted octanol–water partition coefficient (Wildman–Crippen LogP) is 3.31. The molecule has 1 unspecified atom stereocenters. The highest BCUT2D eigenvalue weighted by Crippen LogP contribution is 2.23. The minimum Gasteiger partial charge on any atom is -0.507 e. The van der Waals surface area contributed by atoms with E-state index in [2.05, 4.69) is 9.97 Å². The number of hydrogen-bond acceptors (Lipinski definition) is 6. The summed E-state index contributed by atoms with van der Waals surface area (Å²) in [5, 5.41) is 29.5. The van der Waals surface area contributed by atoms with Crippen LogP contribution in [0, 0.1) is 11.3 Å². The van der Waals surface area contributed by atoms with Crippen LogP contribution in [0.2, 0.25) is 0 Å². The molecular formula is C19H15N3O4. The fourth-order valence-electron chi connectivity index (χ4n) is 2.43. The standard InChI is InChI=1S/C19H15N3O4/c1-11(26-19(25)12-6-2-5-9-16(12)23)17(24)13(10-20)18-21-14-7-3-4-8-15(14)22-18/h2-9,11,23-24H,1H3,(H,21,22)/b17-13-. The predicted molar refractivity (Wildman–Crippen MR) is 94.2 cm³/mol. The zero-order chi connectivity index (χ0) is 18.7. The van der Waals surface area contributed by atoms with Crippen molar-refractivity contribution in [3.8, 4) is 11.8 Å². The number of hydrogen-bond donors (Lipinski definition) is 3. The van der Waals surface area contributed by atoms with Gasteiger partial charge >= 0.3 is 5.97 Å². The van der Waals surface area contributed by atoms with Crippen molar-refractivity contribution in [3.05, 3.63) is 65.7 Å². The average Bonchev–Trinajstić information content (AvgIpc) is 3.06. The molecule has 7 nitrogen and oxygen atoms in total. The first-order valence-corrected chi connectivity index (χ1v) is 7.78. The summed E-state index contributed by atoms with van der Waals surface area (Å²) in [6.45, 7) is 1.42. The Morgan fingerprint density at radius 3 is 2.62 bits per heavy atom. The molecule has 7 heteroatoms. The number of aromatic hydroxyl groups is 1. The van der Waals surface area contributed by atoms with Gasteiger partial charge in [0, 0.05) is 0 Å². The molecule has 0 aliphatic rings. The Bertz CT molecular complexity index is 1010. The summed E-state index contributed by atoms with van der Waals surface area (Å²) in [6, 6.07) is 15.0. The molecule has 3 N–H and O–H groups in total. The minimum atomic E-state index is -1.11. The Morgan fingerprint density at radius 1 is 1.23 bits per heavy atom. The van der Waals surface area contributed by atoms with Gasteiger partial charge in [0.15, 0.2) is 17.7 Å². The maximum absolute atomic E-state index is 12.1. The molecule has 2 aromatic carbocycles. The van der Waals surface area contributed by atoms with Gasteiger partial charge in [0.1, 0.15) is 23.0 Å². The Balaban J connectivity index is 1.89. The molecule has 130 valence electrons. The van der Waals surface area contributed by atoms with Crippen molar-refractivity contribution < 1.29 is 19.7 Å². The molecule has 1 atom stereocenters. The van der Waals surface area contributed by atoms with E-state index in [1.165, 1.54) is 19.1 Å². The number of H-pyrrole nitrogens is 1. The van der Waals surface area contributed by atoms with Crippen molar-refractivity contribution in [1.29, 1.82) is 5.26 Å². The van der Waals surface area contributed by atoms with Crippen molar-refractivity contribution in [1.82, 2.24) is 9.97 Å². The van der Waals surface area contributed by atoms with Crippen LogP contribution in [-0.2, 0) is 4.74 Å². The summed E-state index contributed by atoms with van der Waals surface area (Å²) in [5.41, 5.74) is 1.19. The van der Waals surface area contributed by atoms with E-state index in [-0.39, 0.29) is 22.7 Å². The van der Waals surface area contributed by atoms with Crippen LogP contribution in [0.25, 0.3) is 16.6 Å². The molecule has 3 rings (SSSR count). The summed E-state index contributed by atoms with van der Waals surface area (Å²) < 4.78 is 5.16. The Morgan fingerprint density at radius 2 is 1.92 bits per heavy atom. The molecule has 1 aromatic heterocycles. The summed E-state index contributed by atoms with van der Waals surface area (Å²) in [6.07, 6.45) is -1.11. The number of aliphatic hydroxyl groups excluding tert-OH is 1. The number of rotatable bonds is 4. The Kier molecular flexibility index (Phi) is 4.58. The number of phenols is 1. The summed E-state index contributed by atoms with van der Waals surface area (Å²) >= 11 is 0. The van der Waals surface area contributed by atoms with Gasteiger partial charge in [-0.15, -0.1) is 0 Å². The van der Waals surface area contributed by atoms with Crippen molar-refractivity contribution in [2.45, 2.75) is 13.0 Å². The summed E-state index contributed by atoms with van der Waals surface area (Å²) in [5.74, 6) is -1.30. The second-order valence-corrected chi connectivity index (χ2v) is 5.54. The first-order valence-electron chi connectivity index (χ1n) is 7.78. The highest BCUT2D eigenvalue weighted by molar-refractivity contribution is 5.92. The normalized spacial score (nSPS) is 12.9. The Labute approximate surface area is 148 Å². The Hall–Kier alpha value is -3.79. The van der Waals surface area contributed by atoms with E-state index < -0.39 is 17.8 Å². The summed E-state index contributed by atoms with van der Waals surface area (Å²) in [7, 11) is 0. The molecule has 26 heavy (non-hydrogen) atoms. The van der Waals surface area contributed by atoms with Crippen LogP contribution >= 0.6 is 0 Å². The number of aliphatic hydroxyl groups is 1. The zero-order valence-electron chi connectivity index (χ0n) is 13.8. The molecule has 0 fully saturated rings. The maximum atomic E-state index is 12.1. The largest absolute Gasteiger partial charge is 0.507 e. The van der Waals surface area contributed by atoms with Crippen LogP contribution in [0.3, 0.4) is 0 Å². The number of allylic oxidation sites excluding steroid dienone is 1. The van der Waals surface area contributed by atoms with Gasteiger partial charge in [-0.2, -0.15) is 5.26 Å². The van der Waals surface area contributed by atoms with E-state index in [1.807, 2.05) is 12.1 Å². The number of nitrogens with one attached hydrogen (secondary N) is 1.